The molecule has 2 heteroatoms. The second kappa shape index (κ2) is 13.2. The van der Waals surface area contributed by atoms with Crippen LogP contribution in [0.25, 0.3) is 86.9 Å². The van der Waals surface area contributed by atoms with Crippen LogP contribution in [0.1, 0.15) is 0 Å². The molecule has 0 unspecified atom stereocenters. The quantitative estimate of drug-likeness (QED) is 0.181. The van der Waals surface area contributed by atoms with Gasteiger partial charge in [-0.3, -0.25) is 0 Å². The van der Waals surface area contributed by atoms with E-state index in [1.54, 1.807) is 0 Å². The minimum Gasteiger partial charge on any atom is -0.455 e. The summed E-state index contributed by atoms with van der Waals surface area (Å²) < 4.78 is 6.87. The molecule has 2 nitrogen and oxygen atoms in total. The molecule has 1 heterocycles. The number of anilines is 3. The van der Waals surface area contributed by atoms with Gasteiger partial charge in [0.25, 0.3) is 0 Å². The minimum absolute atomic E-state index is 0.891. The highest BCUT2D eigenvalue weighted by Crippen LogP contribution is 2.45. The van der Waals surface area contributed by atoms with Crippen molar-refractivity contribution in [2.24, 2.45) is 0 Å². The molecule has 0 atom stereocenters. The Kier molecular flexibility index (Phi) is 7.53. The van der Waals surface area contributed by atoms with Gasteiger partial charge >= 0.3 is 0 Å². The van der Waals surface area contributed by atoms with Crippen LogP contribution in [0.15, 0.2) is 217 Å². The molecule has 0 saturated carbocycles. The standard InChI is InChI=1S/C54H35NO/c1-3-17-36(18-4-1)39-21-13-15-29-51(39)55(37-19-5-2-6-20-37)38-31-32-45-48-33-34-49-46-27-14-16-30-52(46)56-54(49)53(48)47-28-12-11-25-43(47)41-23-8-7-22-40(41)42-24-9-10-26-44(42)50(45)35-38/h1-35H. The van der Waals surface area contributed by atoms with Gasteiger partial charge in [-0.2, -0.15) is 0 Å². The van der Waals surface area contributed by atoms with Gasteiger partial charge in [0.15, 0.2) is 0 Å². The van der Waals surface area contributed by atoms with Crippen LogP contribution in [-0.2, 0) is 0 Å². The average molecular weight is 714 g/mol. The molecule has 0 bridgehead atoms. The molecule has 0 radical (unpaired) electrons. The first kappa shape index (κ1) is 32.0. The third-order valence-electron chi connectivity index (χ3n) is 11.3. The number of para-hydroxylation sites is 3. The molecule has 0 N–H and O–H groups in total. The fourth-order valence-electron chi connectivity index (χ4n) is 8.79. The van der Waals surface area contributed by atoms with Crippen molar-refractivity contribution in [3.63, 3.8) is 0 Å². The number of hydrogen-bond donors (Lipinski definition) is 0. The molecule has 0 amide bonds. The van der Waals surface area contributed by atoms with Crippen molar-refractivity contribution < 1.29 is 4.42 Å². The van der Waals surface area contributed by atoms with Crippen molar-refractivity contribution in [2.45, 2.75) is 0 Å². The number of rotatable bonds is 4. The first-order valence-electron chi connectivity index (χ1n) is 19.2. The maximum atomic E-state index is 6.87. The maximum absolute atomic E-state index is 6.87. The zero-order chi connectivity index (χ0) is 37.0. The lowest BCUT2D eigenvalue weighted by molar-refractivity contribution is 0.673. The summed E-state index contributed by atoms with van der Waals surface area (Å²) in [6, 6.07) is 76.6. The topological polar surface area (TPSA) is 16.4 Å². The van der Waals surface area contributed by atoms with Crippen molar-refractivity contribution >= 4 is 92.9 Å². The number of furan rings is 1. The summed E-state index contributed by atoms with van der Waals surface area (Å²) >= 11 is 0. The Labute approximate surface area is 324 Å². The monoisotopic (exact) mass is 713 g/mol. The first-order valence-corrected chi connectivity index (χ1v) is 19.2. The Bertz CT molecular complexity index is 3360. The molecular formula is C54H35NO. The molecule has 262 valence electrons. The predicted octanol–water partition coefficient (Wildman–Crippen LogP) is 15.6. The lowest BCUT2D eigenvalue weighted by Crippen LogP contribution is -2.11. The van der Waals surface area contributed by atoms with E-state index in [4.69, 9.17) is 4.42 Å². The van der Waals surface area contributed by atoms with E-state index in [0.717, 1.165) is 65.9 Å². The van der Waals surface area contributed by atoms with Gasteiger partial charge in [-0.05, 0) is 96.5 Å². The van der Waals surface area contributed by atoms with Gasteiger partial charge in [-0.15, -0.1) is 0 Å². The van der Waals surface area contributed by atoms with E-state index in [2.05, 4.69) is 217 Å². The van der Waals surface area contributed by atoms with Crippen LogP contribution in [0.4, 0.5) is 17.1 Å². The second-order valence-corrected chi connectivity index (χ2v) is 14.4. The maximum Gasteiger partial charge on any atom is 0.143 e. The van der Waals surface area contributed by atoms with Gasteiger partial charge in [0.1, 0.15) is 11.2 Å². The summed E-state index contributed by atoms with van der Waals surface area (Å²) in [5.41, 5.74) is 7.41. The van der Waals surface area contributed by atoms with Crippen LogP contribution in [0.2, 0.25) is 0 Å². The molecule has 0 fully saturated rings. The second-order valence-electron chi connectivity index (χ2n) is 14.4. The van der Waals surface area contributed by atoms with E-state index in [0.29, 0.717) is 0 Å². The van der Waals surface area contributed by atoms with Crippen LogP contribution in [0, 0.1) is 0 Å². The number of fused-ring (bicyclic) bond motifs is 14. The van der Waals surface area contributed by atoms with E-state index >= 15 is 0 Å². The predicted molar refractivity (Wildman–Crippen MR) is 239 cm³/mol. The number of benzene rings is 9. The largest absolute Gasteiger partial charge is 0.455 e. The van der Waals surface area contributed by atoms with Crippen LogP contribution in [0.3, 0.4) is 0 Å². The van der Waals surface area contributed by atoms with Crippen molar-refractivity contribution in [1.29, 1.82) is 0 Å². The summed E-state index contributed by atoms with van der Waals surface area (Å²) in [6.07, 6.45) is 0. The minimum atomic E-state index is 0.891. The normalized spacial score (nSPS) is 11.6. The van der Waals surface area contributed by atoms with Gasteiger partial charge in [-0.1, -0.05) is 170 Å². The SMILES string of the molecule is c1ccc(-c2ccccc2N(c2ccccc2)c2ccc3c(c2)c2ccccc2c2ccccc2c2ccccc2c2c3ccc3c4ccccc4oc32)cc1. The van der Waals surface area contributed by atoms with E-state index in [1.165, 1.54) is 38.1 Å². The Morgan fingerprint density at radius 3 is 1.46 bits per heavy atom. The molecule has 0 aliphatic carbocycles. The molecule has 10 aromatic carbocycles. The fraction of sp³-hybridized carbons (Fsp3) is 0. The van der Waals surface area contributed by atoms with E-state index in [-0.39, 0.29) is 0 Å². The lowest BCUT2D eigenvalue weighted by Gasteiger charge is -2.28. The Hall–Kier alpha value is -7.42. The molecule has 11 rings (SSSR count). The van der Waals surface area contributed by atoms with Crippen molar-refractivity contribution in [3.8, 4) is 11.1 Å². The van der Waals surface area contributed by atoms with Crippen molar-refractivity contribution in [2.75, 3.05) is 4.90 Å². The van der Waals surface area contributed by atoms with E-state index < -0.39 is 0 Å². The molecule has 0 spiro atoms. The first-order chi connectivity index (χ1) is 27.8. The number of nitrogens with zero attached hydrogens (tertiary/aromatic N) is 1. The summed E-state index contributed by atoms with van der Waals surface area (Å²) in [5.74, 6) is 0. The smallest absolute Gasteiger partial charge is 0.143 e. The van der Waals surface area contributed by atoms with Gasteiger partial charge in [-0.25, -0.2) is 0 Å². The van der Waals surface area contributed by atoms with Crippen LogP contribution in [0.5, 0.6) is 0 Å². The average Bonchev–Trinajstić information content (AvgIpc) is 3.66. The molecule has 11 aromatic rings. The summed E-state index contributed by atoms with van der Waals surface area (Å²) in [4.78, 5) is 2.40. The zero-order valence-electron chi connectivity index (χ0n) is 30.6. The summed E-state index contributed by atoms with van der Waals surface area (Å²) in [5, 5.41) is 13.9. The van der Waals surface area contributed by atoms with Crippen molar-refractivity contribution in [1.82, 2.24) is 0 Å². The number of hydrogen-bond acceptors (Lipinski definition) is 2. The summed E-state index contributed by atoms with van der Waals surface area (Å²) in [6.45, 7) is 0. The fourth-order valence-corrected chi connectivity index (χ4v) is 8.79. The molecular weight excluding hydrogens is 679 g/mol. The van der Waals surface area contributed by atoms with E-state index in [1.807, 2.05) is 0 Å². The van der Waals surface area contributed by atoms with Crippen LogP contribution < -0.4 is 4.90 Å². The Morgan fingerprint density at radius 1 is 0.304 bits per heavy atom. The zero-order valence-corrected chi connectivity index (χ0v) is 30.6. The lowest BCUT2D eigenvalue weighted by atomic mass is 9.93. The highest BCUT2D eigenvalue weighted by Gasteiger charge is 2.19. The van der Waals surface area contributed by atoms with E-state index in [9.17, 15) is 0 Å². The molecule has 0 aliphatic heterocycles. The van der Waals surface area contributed by atoms with Gasteiger partial charge in [0.2, 0.25) is 0 Å². The van der Waals surface area contributed by atoms with Gasteiger partial charge < -0.3 is 9.32 Å². The molecule has 0 aliphatic rings. The third-order valence-corrected chi connectivity index (χ3v) is 11.3. The third kappa shape index (κ3) is 5.11. The Morgan fingerprint density at radius 2 is 0.768 bits per heavy atom. The van der Waals surface area contributed by atoms with Gasteiger partial charge in [0.05, 0.1) is 5.69 Å². The van der Waals surface area contributed by atoms with Crippen LogP contribution in [-0.4, -0.2) is 0 Å². The van der Waals surface area contributed by atoms with Crippen LogP contribution >= 0.6 is 0 Å². The highest BCUT2D eigenvalue weighted by molar-refractivity contribution is 6.31. The Balaban J connectivity index is 1.36. The highest BCUT2D eigenvalue weighted by atomic mass is 16.3. The molecule has 56 heavy (non-hydrogen) atoms. The summed E-state index contributed by atoms with van der Waals surface area (Å²) in [7, 11) is 0. The van der Waals surface area contributed by atoms with Crippen molar-refractivity contribution in [3.05, 3.63) is 212 Å². The molecule has 0 saturated heterocycles. The molecule has 1 aromatic heterocycles. The van der Waals surface area contributed by atoms with Gasteiger partial charge in [0, 0.05) is 33.1 Å².